The van der Waals surface area contributed by atoms with Gasteiger partial charge in [-0.3, -0.25) is 9.59 Å². The lowest BCUT2D eigenvalue weighted by molar-refractivity contribution is -0.115. The number of thiazole rings is 1. The second-order valence-electron chi connectivity index (χ2n) is 8.87. The van der Waals surface area contributed by atoms with Gasteiger partial charge in [0, 0.05) is 11.1 Å². The van der Waals surface area contributed by atoms with Crippen molar-refractivity contribution in [2.24, 2.45) is 11.7 Å². The number of hydrogen-bond donors (Lipinski definition) is 2. The van der Waals surface area contributed by atoms with Gasteiger partial charge >= 0.3 is 0 Å². The minimum absolute atomic E-state index is 0.0586. The molecule has 0 saturated carbocycles. The maximum atomic E-state index is 12.8. The van der Waals surface area contributed by atoms with E-state index in [1.807, 2.05) is 26.0 Å². The monoisotopic (exact) mass is 550 g/mol. The molecule has 2 heterocycles. The van der Waals surface area contributed by atoms with E-state index in [9.17, 15) is 9.59 Å². The van der Waals surface area contributed by atoms with E-state index in [2.05, 4.69) is 36.8 Å². The van der Waals surface area contributed by atoms with Gasteiger partial charge in [-0.1, -0.05) is 61.9 Å². The highest BCUT2D eigenvalue weighted by atomic mass is 35.5. The minimum Gasteiger partial charge on any atom is -0.437 e. The Balaban J connectivity index is 1.72. The summed E-state index contributed by atoms with van der Waals surface area (Å²) in [5, 5.41) is 3.72. The number of carbonyl (C=O) groups is 2. The molecule has 0 spiro atoms. The standard InChI is InChI=1S/C29H31ClN4O3S/c1-6-18(4)21(10-7-9-17(2)3)26-19(5)38-29(34-26)33-25(35)16-20-12-13-24(23(30)15-20)37-28-22(27(31)36)11-8-14-32-28/h7-15,18H,2,6,16H2,1,3-5H3,(H2,31,36)(H,33,34,35)/b9-7-,21-10+/t18-/m1/s1. The Morgan fingerprint density at radius 1 is 1.32 bits per heavy atom. The first-order valence-electron chi connectivity index (χ1n) is 12.1. The molecule has 0 fully saturated rings. The average Bonchev–Trinajstić information content (AvgIpc) is 3.22. The Labute approximate surface area is 232 Å². The fraction of sp³-hybridized carbons (Fsp3) is 0.241. The Morgan fingerprint density at radius 3 is 2.74 bits per heavy atom. The van der Waals surface area contributed by atoms with Crippen molar-refractivity contribution in [1.29, 1.82) is 0 Å². The fourth-order valence-corrected chi connectivity index (χ4v) is 4.67. The van der Waals surface area contributed by atoms with Crippen LogP contribution in [0.5, 0.6) is 11.6 Å². The van der Waals surface area contributed by atoms with Crippen molar-refractivity contribution in [3.63, 3.8) is 0 Å². The van der Waals surface area contributed by atoms with Gasteiger partial charge in [0.15, 0.2) is 5.13 Å². The van der Waals surface area contributed by atoms with Crippen LogP contribution in [0.3, 0.4) is 0 Å². The fourth-order valence-electron chi connectivity index (χ4n) is 3.58. The molecule has 3 rings (SSSR count). The van der Waals surface area contributed by atoms with Crippen molar-refractivity contribution in [3.8, 4) is 11.6 Å². The number of amides is 2. The van der Waals surface area contributed by atoms with Crippen molar-refractivity contribution in [2.75, 3.05) is 5.32 Å². The van der Waals surface area contributed by atoms with E-state index in [-0.39, 0.29) is 28.8 Å². The van der Waals surface area contributed by atoms with E-state index in [0.29, 0.717) is 22.4 Å². The van der Waals surface area contributed by atoms with Crippen LogP contribution in [-0.4, -0.2) is 21.8 Å². The number of nitrogens with one attached hydrogen (secondary N) is 1. The van der Waals surface area contributed by atoms with Crippen LogP contribution in [0.2, 0.25) is 5.02 Å². The van der Waals surface area contributed by atoms with E-state index in [4.69, 9.17) is 27.1 Å². The van der Waals surface area contributed by atoms with Crippen molar-refractivity contribution < 1.29 is 14.3 Å². The highest BCUT2D eigenvalue weighted by Crippen LogP contribution is 2.34. The number of nitrogens with two attached hydrogens (primary N) is 1. The van der Waals surface area contributed by atoms with Gasteiger partial charge in [-0.2, -0.15) is 0 Å². The maximum Gasteiger partial charge on any atom is 0.254 e. The molecule has 2 aromatic heterocycles. The third-order valence-electron chi connectivity index (χ3n) is 5.72. The number of allylic oxidation sites excluding steroid dienone is 5. The van der Waals surface area contributed by atoms with Crippen LogP contribution in [-0.2, 0) is 11.2 Å². The normalized spacial score (nSPS) is 12.4. The average molecular weight is 551 g/mol. The first kappa shape index (κ1) is 28.8. The number of benzene rings is 1. The predicted octanol–water partition coefficient (Wildman–Crippen LogP) is 7.13. The number of halogens is 1. The van der Waals surface area contributed by atoms with Gasteiger partial charge in [0.05, 0.1) is 17.1 Å². The molecule has 9 heteroatoms. The molecule has 0 unspecified atom stereocenters. The molecule has 3 aromatic rings. The molecule has 2 amide bonds. The van der Waals surface area contributed by atoms with E-state index in [1.54, 1.807) is 24.3 Å². The van der Waals surface area contributed by atoms with Crippen LogP contribution in [0.4, 0.5) is 5.13 Å². The van der Waals surface area contributed by atoms with Gasteiger partial charge < -0.3 is 15.8 Å². The van der Waals surface area contributed by atoms with E-state index >= 15 is 0 Å². The Morgan fingerprint density at radius 2 is 2.08 bits per heavy atom. The molecule has 0 aliphatic heterocycles. The highest BCUT2D eigenvalue weighted by Gasteiger charge is 2.18. The molecule has 7 nitrogen and oxygen atoms in total. The van der Waals surface area contributed by atoms with E-state index in [1.165, 1.54) is 23.6 Å². The summed E-state index contributed by atoms with van der Waals surface area (Å²) in [7, 11) is 0. The largest absolute Gasteiger partial charge is 0.437 e. The van der Waals surface area contributed by atoms with Crippen molar-refractivity contribution >= 4 is 45.5 Å². The molecule has 0 saturated heterocycles. The van der Waals surface area contributed by atoms with Crippen LogP contribution in [0.1, 0.15) is 53.7 Å². The zero-order valence-corrected chi connectivity index (χ0v) is 23.4. The summed E-state index contributed by atoms with van der Waals surface area (Å²) in [5.74, 6) is -0.215. The smallest absolute Gasteiger partial charge is 0.254 e. The highest BCUT2D eigenvalue weighted by molar-refractivity contribution is 7.15. The minimum atomic E-state index is -0.659. The van der Waals surface area contributed by atoms with Crippen LogP contribution >= 0.6 is 22.9 Å². The van der Waals surface area contributed by atoms with Crippen LogP contribution in [0.25, 0.3) is 5.57 Å². The van der Waals surface area contributed by atoms with Crippen molar-refractivity contribution in [2.45, 2.75) is 40.5 Å². The Hall–Kier alpha value is -3.75. The number of rotatable bonds is 11. The lowest BCUT2D eigenvalue weighted by atomic mass is 9.94. The lowest BCUT2D eigenvalue weighted by Crippen LogP contribution is -2.14. The lowest BCUT2D eigenvalue weighted by Gasteiger charge is -2.12. The van der Waals surface area contributed by atoms with Crippen LogP contribution in [0, 0.1) is 12.8 Å². The number of pyridine rings is 1. The third-order valence-corrected chi connectivity index (χ3v) is 6.90. The summed E-state index contributed by atoms with van der Waals surface area (Å²) in [5.41, 5.74) is 9.19. The number of nitrogens with zero attached hydrogens (tertiary/aromatic N) is 2. The molecule has 198 valence electrons. The summed E-state index contributed by atoms with van der Waals surface area (Å²) in [4.78, 5) is 34.2. The number of primary amides is 1. The summed E-state index contributed by atoms with van der Waals surface area (Å²) < 4.78 is 5.70. The zero-order chi connectivity index (χ0) is 27.8. The maximum absolute atomic E-state index is 12.8. The molecule has 1 atom stereocenters. The Bertz CT molecular complexity index is 1410. The number of hydrogen-bond acceptors (Lipinski definition) is 6. The molecule has 3 N–H and O–H groups in total. The molecular formula is C29H31ClN4O3S. The first-order chi connectivity index (χ1) is 18.1. The van der Waals surface area contributed by atoms with Gasteiger partial charge in [0.1, 0.15) is 11.3 Å². The Kier molecular flexibility index (Phi) is 9.98. The van der Waals surface area contributed by atoms with Crippen molar-refractivity contribution in [3.05, 3.63) is 93.6 Å². The molecule has 38 heavy (non-hydrogen) atoms. The molecule has 0 bridgehead atoms. The number of carbonyl (C=O) groups excluding carboxylic acids is 2. The van der Waals surface area contributed by atoms with Gasteiger partial charge in [-0.25, -0.2) is 9.97 Å². The summed E-state index contributed by atoms with van der Waals surface area (Å²) in [6.07, 6.45) is 8.57. The third kappa shape index (κ3) is 7.63. The number of anilines is 1. The van der Waals surface area contributed by atoms with Crippen LogP contribution in [0.15, 0.2) is 66.9 Å². The van der Waals surface area contributed by atoms with Crippen molar-refractivity contribution in [1.82, 2.24) is 9.97 Å². The second kappa shape index (κ2) is 13.2. The number of aryl methyl sites for hydroxylation is 1. The predicted molar refractivity (Wildman–Crippen MR) is 155 cm³/mol. The second-order valence-corrected chi connectivity index (χ2v) is 10.5. The number of ether oxygens (including phenoxy) is 1. The molecule has 0 aliphatic carbocycles. The van der Waals surface area contributed by atoms with Gasteiger partial charge in [0.2, 0.25) is 11.8 Å². The summed E-state index contributed by atoms with van der Waals surface area (Å²) >= 11 is 7.83. The quantitative estimate of drug-likeness (QED) is 0.247. The first-order valence-corrected chi connectivity index (χ1v) is 13.3. The molecule has 1 aromatic carbocycles. The SMILES string of the molecule is C=C(C)/C=C\C=C(\c1nc(NC(=O)Cc2ccc(Oc3ncccc3C(N)=O)c(Cl)c2)sc1C)[C@H](C)CC. The van der Waals surface area contributed by atoms with Crippen LogP contribution < -0.4 is 15.8 Å². The summed E-state index contributed by atoms with van der Waals surface area (Å²) in [6, 6.07) is 8.09. The summed E-state index contributed by atoms with van der Waals surface area (Å²) in [6.45, 7) is 12.2. The molecule has 0 aliphatic rings. The zero-order valence-electron chi connectivity index (χ0n) is 21.9. The van der Waals surface area contributed by atoms with Gasteiger partial charge in [-0.15, -0.1) is 11.3 Å². The van der Waals surface area contributed by atoms with E-state index < -0.39 is 5.91 Å². The number of aromatic nitrogens is 2. The molecular weight excluding hydrogens is 520 g/mol. The van der Waals surface area contributed by atoms with Gasteiger partial charge in [0.25, 0.3) is 5.91 Å². The van der Waals surface area contributed by atoms with Gasteiger partial charge in [-0.05, 0) is 61.6 Å². The molecule has 0 radical (unpaired) electrons. The van der Waals surface area contributed by atoms with E-state index in [0.717, 1.165) is 28.1 Å². The topological polar surface area (TPSA) is 107 Å².